The normalized spacial score (nSPS) is 15.7. The van der Waals surface area contributed by atoms with Crippen molar-refractivity contribution in [2.45, 2.75) is 11.4 Å². The third kappa shape index (κ3) is 5.71. The number of rotatable bonds is 6. The van der Waals surface area contributed by atoms with Crippen LogP contribution >= 0.6 is 23.2 Å². The third-order valence-corrected chi connectivity index (χ3v) is 7.20. The Morgan fingerprint density at radius 3 is 2.28 bits per heavy atom. The molecule has 6 nitrogen and oxygen atoms in total. The van der Waals surface area contributed by atoms with Gasteiger partial charge in [-0.1, -0.05) is 35.3 Å². The first kappa shape index (κ1) is 22.1. The highest BCUT2D eigenvalue weighted by atomic mass is 35.5. The van der Waals surface area contributed by atoms with Gasteiger partial charge in [0.05, 0.1) is 11.4 Å². The van der Waals surface area contributed by atoms with Gasteiger partial charge in [-0.15, -0.1) is 0 Å². The Morgan fingerprint density at radius 1 is 1.00 bits per heavy atom. The Labute approximate surface area is 181 Å². The average Bonchev–Trinajstić information content (AvgIpc) is 2.69. The molecule has 1 aliphatic heterocycles. The van der Waals surface area contributed by atoms with Gasteiger partial charge in [0.2, 0.25) is 15.9 Å². The summed E-state index contributed by atoms with van der Waals surface area (Å²) in [6.45, 7) is 3.16. The summed E-state index contributed by atoms with van der Waals surface area (Å²) >= 11 is 11.9. The summed E-state index contributed by atoms with van der Waals surface area (Å²) in [5.41, 5.74) is 1.13. The largest absolute Gasteiger partial charge is 0.339 e. The van der Waals surface area contributed by atoms with E-state index in [0.29, 0.717) is 23.1 Å². The molecule has 1 amide bonds. The zero-order chi connectivity index (χ0) is 21.0. The van der Waals surface area contributed by atoms with Gasteiger partial charge in [0.15, 0.2) is 0 Å². The lowest BCUT2D eigenvalue weighted by Crippen LogP contribution is -2.51. The molecule has 0 N–H and O–H groups in total. The van der Waals surface area contributed by atoms with Crippen LogP contribution in [0.1, 0.15) is 5.56 Å². The lowest BCUT2D eigenvalue weighted by atomic mass is 10.2. The molecule has 3 rings (SSSR count). The lowest BCUT2D eigenvalue weighted by molar-refractivity contribution is -0.133. The average molecular weight is 456 g/mol. The molecule has 1 aliphatic rings. The number of carbonyl (C=O) groups excluding carboxylic acids is 1. The van der Waals surface area contributed by atoms with Crippen molar-refractivity contribution in [3.05, 3.63) is 64.1 Å². The van der Waals surface area contributed by atoms with Gasteiger partial charge in [0, 0.05) is 49.8 Å². The lowest BCUT2D eigenvalue weighted by Gasteiger charge is -2.35. The van der Waals surface area contributed by atoms with Gasteiger partial charge in [0.25, 0.3) is 0 Å². The molecule has 2 aromatic rings. The first-order chi connectivity index (χ1) is 13.8. The number of carbonyl (C=O) groups is 1. The second-order valence-electron chi connectivity index (χ2n) is 7.00. The van der Waals surface area contributed by atoms with Crippen molar-refractivity contribution < 1.29 is 13.2 Å². The summed E-state index contributed by atoms with van der Waals surface area (Å²) < 4.78 is 26.4. The van der Waals surface area contributed by atoms with Gasteiger partial charge in [-0.25, -0.2) is 8.42 Å². The number of likely N-dealkylation sites (N-methyl/N-ethyl adjacent to an activating group) is 1. The van der Waals surface area contributed by atoms with Crippen LogP contribution in [0.3, 0.4) is 0 Å². The molecule has 0 saturated carbocycles. The van der Waals surface area contributed by atoms with Gasteiger partial charge < -0.3 is 4.90 Å². The molecule has 29 heavy (non-hydrogen) atoms. The zero-order valence-electron chi connectivity index (χ0n) is 16.1. The molecule has 0 radical (unpaired) electrons. The molecule has 0 unspecified atom stereocenters. The van der Waals surface area contributed by atoms with Crippen LogP contribution in [-0.4, -0.2) is 68.2 Å². The summed E-state index contributed by atoms with van der Waals surface area (Å²) in [6.07, 6.45) is 0. The number of sulfonamides is 1. The van der Waals surface area contributed by atoms with E-state index in [4.69, 9.17) is 23.2 Å². The molecule has 0 atom stereocenters. The summed E-state index contributed by atoms with van der Waals surface area (Å²) in [7, 11) is -2.33. The minimum atomic E-state index is -3.74. The third-order valence-electron chi connectivity index (χ3n) is 4.90. The number of hydrogen-bond acceptors (Lipinski definition) is 4. The quantitative estimate of drug-likeness (QED) is 0.671. The molecule has 1 saturated heterocycles. The summed E-state index contributed by atoms with van der Waals surface area (Å²) in [6, 6.07) is 13.6. The van der Waals surface area contributed by atoms with Gasteiger partial charge in [-0.05, 0) is 42.0 Å². The standard InChI is InChI=1S/C20H23Cl2N3O3S/c1-23(29(27,28)19-7-5-17(21)6-8-19)15-20(26)25-11-9-24(10-12-25)14-16-3-2-4-18(22)13-16/h2-8,13H,9-12,14-15H2,1H3. The fourth-order valence-electron chi connectivity index (χ4n) is 3.21. The van der Waals surface area contributed by atoms with Crippen molar-refractivity contribution in [1.29, 1.82) is 0 Å². The monoisotopic (exact) mass is 455 g/mol. The Balaban J connectivity index is 1.53. The topological polar surface area (TPSA) is 60.9 Å². The summed E-state index contributed by atoms with van der Waals surface area (Å²) in [4.78, 5) is 16.7. The van der Waals surface area contributed by atoms with E-state index in [-0.39, 0.29) is 17.3 Å². The Bertz CT molecular complexity index is 959. The highest BCUT2D eigenvalue weighted by molar-refractivity contribution is 7.89. The predicted octanol–water partition coefficient (Wildman–Crippen LogP) is 2.96. The van der Waals surface area contributed by atoms with Crippen molar-refractivity contribution in [1.82, 2.24) is 14.1 Å². The molecule has 1 heterocycles. The fourth-order valence-corrected chi connectivity index (χ4v) is 4.67. The molecule has 156 valence electrons. The number of amides is 1. The molecule has 0 spiro atoms. The van der Waals surface area contributed by atoms with Crippen LogP contribution < -0.4 is 0 Å². The Morgan fingerprint density at radius 2 is 1.66 bits per heavy atom. The van der Waals surface area contributed by atoms with E-state index in [2.05, 4.69) is 4.90 Å². The van der Waals surface area contributed by atoms with Gasteiger partial charge in [-0.2, -0.15) is 4.31 Å². The molecule has 0 bridgehead atoms. The minimum absolute atomic E-state index is 0.114. The Kier molecular flexibility index (Phi) is 7.19. The summed E-state index contributed by atoms with van der Waals surface area (Å²) in [5.74, 6) is -0.201. The molecular formula is C20H23Cl2N3O3S. The van der Waals surface area contributed by atoms with Crippen molar-refractivity contribution in [3.8, 4) is 0 Å². The van der Waals surface area contributed by atoms with Gasteiger partial charge >= 0.3 is 0 Å². The van der Waals surface area contributed by atoms with E-state index in [1.807, 2.05) is 24.3 Å². The molecule has 9 heteroatoms. The van der Waals surface area contributed by atoms with E-state index in [9.17, 15) is 13.2 Å². The van der Waals surface area contributed by atoms with E-state index in [1.165, 1.54) is 31.3 Å². The second-order valence-corrected chi connectivity index (χ2v) is 9.92. The van der Waals surface area contributed by atoms with E-state index < -0.39 is 10.0 Å². The fraction of sp³-hybridized carbons (Fsp3) is 0.350. The second kappa shape index (κ2) is 9.45. The van der Waals surface area contributed by atoms with Crippen molar-refractivity contribution in [2.24, 2.45) is 0 Å². The molecule has 0 aliphatic carbocycles. The van der Waals surface area contributed by atoms with Crippen LogP contribution in [0.25, 0.3) is 0 Å². The van der Waals surface area contributed by atoms with E-state index in [0.717, 1.165) is 29.5 Å². The number of piperazine rings is 1. The SMILES string of the molecule is CN(CC(=O)N1CCN(Cc2cccc(Cl)c2)CC1)S(=O)(=O)c1ccc(Cl)cc1. The maximum atomic E-state index is 12.6. The summed E-state index contributed by atoms with van der Waals surface area (Å²) in [5, 5.41) is 1.17. The van der Waals surface area contributed by atoms with Crippen LogP contribution in [0.4, 0.5) is 0 Å². The maximum absolute atomic E-state index is 12.6. The predicted molar refractivity (Wildman–Crippen MR) is 115 cm³/mol. The van der Waals surface area contributed by atoms with Crippen LogP contribution in [-0.2, 0) is 21.4 Å². The van der Waals surface area contributed by atoms with Gasteiger partial charge in [-0.3, -0.25) is 9.69 Å². The first-order valence-electron chi connectivity index (χ1n) is 9.22. The van der Waals surface area contributed by atoms with Gasteiger partial charge in [0.1, 0.15) is 0 Å². The van der Waals surface area contributed by atoms with E-state index in [1.54, 1.807) is 4.90 Å². The number of halogens is 2. The minimum Gasteiger partial charge on any atom is -0.339 e. The van der Waals surface area contributed by atoms with Crippen LogP contribution in [0, 0.1) is 0 Å². The van der Waals surface area contributed by atoms with Crippen molar-refractivity contribution in [3.63, 3.8) is 0 Å². The number of benzene rings is 2. The smallest absolute Gasteiger partial charge is 0.243 e. The highest BCUT2D eigenvalue weighted by Crippen LogP contribution is 2.18. The zero-order valence-corrected chi connectivity index (χ0v) is 18.4. The molecule has 0 aromatic heterocycles. The van der Waals surface area contributed by atoms with E-state index >= 15 is 0 Å². The maximum Gasteiger partial charge on any atom is 0.243 e. The van der Waals surface area contributed by atoms with Crippen LogP contribution in [0.15, 0.2) is 53.4 Å². The van der Waals surface area contributed by atoms with Crippen molar-refractivity contribution >= 4 is 39.1 Å². The number of nitrogens with zero attached hydrogens (tertiary/aromatic N) is 3. The Hall–Kier alpha value is -1.64. The van der Waals surface area contributed by atoms with Crippen LogP contribution in [0.5, 0.6) is 0 Å². The molecular weight excluding hydrogens is 433 g/mol. The number of hydrogen-bond donors (Lipinski definition) is 0. The van der Waals surface area contributed by atoms with Crippen LogP contribution in [0.2, 0.25) is 10.0 Å². The molecule has 1 fully saturated rings. The molecule has 2 aromatic carbocycles. The van der Waals surface area contributed by atoms with Crippen molar-refractivity contribution in [2.75, 3.05) is 39.8 Å². The highest BCUT2D eigenvalue weighted by Gasteiger charge is 2.27. The first-order valence-corrected chi connectivity index (χ1v) is 11.4.